The van der Waals surface area contributed by atoms with Gasteiger partial charge in [-0.3, -0.25) is 4.79 Å². The van der Waals surface area contributed by atoms with Crippen molar-refractivity contribution >= 4 is 5.97 Å². The minimum Gasteiger partial charge on any atom is -0.459 e. The normalized spacial score (nSPS) is 12.5. The van der Waals surface area contributed by atoms with Crippen LogP contribution in [0.3, 0.4) is 0 Å². The summed E-state index contributed by atoms with van der Waals surface area (Å²) in [6.45, 7) is 10.8. The maximum absolute atomic E-state index is 11.9. The number of rotatable bonds is 13. The number of ether oxygens (including phenoxy) is 1. The van der Waals surface area contributed by atoms with E-state index in [1.54, 1.807) is 0 Å². The Morgan fingerprint density at radius 1 is 0.909 bits per heavy atom. The van der Waals surface area contributed by atoms with Gasteiger partial charge in [-0.25, -0.2) is 0 Å². The van der Waals surface area contributed by atoms with Gasteiger partial charge in [-0.1, -0.05) is 46.0 Å². The molecule has 0 amide bonds. The molecule has 0 rings (SSSR count). The molecule has 132 valence electrons. The average molecular weight is 315 g/mol. The number of carbonyl (C=O) groups is 1. The standard InChI is InChI=1S/C19H40NO2/c1-7-9-10-11-12-13-14-15-20(5,6)16-17-22-18(21)19(3,4)8-2/h7-17H2,1-6H3/q+1. The summed E-state index contributed by atoms with van der Waals surface area (Å²) in [5.41, 5.74) is -0.352. The molecule has 0 saturated heterocycles. The molecular weight excluding hydrogens is 274 g/mol. The molecule has 0 aromatic heterocycles. The summed E-state index contributed by atoms with van der Waals surface area (Å²) in [4.78, 5) is 11.9. The van der Waals surface area contributed by atoms with Crippen molar-refractivity contribution in [1.82, 2.24) is 0 Å². The molecule has 0 heterocycles. The fraction of sp³-hybridized carbons (Fsp3) is 0.947. The number of likely N-dealkylation sites (N-methyl/N-ethyl adjacent to an activating group) is 1. The fourth-order valence-corrected chi connectivity index (χ4v) is 2.33. The van der Waals surface area contributed by atoms with E-state index in [1.165, 1.54) is 51.5 Å². The lowest BCUT2D eigenvalue weighted by molar-refractivity contribution is -0.890. The maximum Gasteiger partial charge on any atom is 0.311 e. The Balaban J connectivity index is 3.75. The predicted molar refractivity (Wildman–Crippen MR) is 94.9 cm³/mol. The molecule has 0 bridgehead atoms. The van der Waals surface area contributed by atoms with Gasteiger partial charge in [-0.2, -0.15) is 0 Å². The van der Waals surface area contributed by atoms with Crippen LogP contribution in [0.25, 0.3) is 0 Å². The third-order valence-corrected chi connectivity index (χ3v) is 4.73. The van der Waals surface area contributed by atoms with Crippen molar-refractivity contribution in [3.8, 4) is 0 Å². The molecule has 0 aliphatic heterocycles. The molecule has 0 saturated carbocycles. The molecule has 3 heteroatoms. The van der Waals surface area contributed by atoms with Crippen LogP contribution < -0.4 is 0 Å². The molecule has 0 unspecified atom stereocenters. The highest BCUT2D eigenvalue weighted by molar-refractivity contribution is 5.75. The van der Waals surface area contributed by atoms with Gasteiger partial charge in [0.05, 0.1) is 26.1 Å². The Labute approximate surface area is 139 Å². The van der Waals surface area contributed by atoms with E-state index in [4.69, 9.17) is 4.74 Å². The van der Waals surface area contributed by atoms with E-state index in [-0.39, 0.29) is 11.4 Å². The van der Waals surface area contributed by atoms with Crippen LogP contribution in [0.15, 0.2) is 0 Å². The van der Waals surface area contributed by atoms with Crippen molar-refractivity contribution in [2.45, 2.75) is 79.1 Å². The zero-order valence-corrected chi connectivity index (χ0v) is 16.0. The van der Waals surface area contributed by atoms with Gasteiger partial charge in [-0.05, 0) is 33.1 Å². The zero-order valence-electron chi connectivity index (χ0n) is 16.0. The fourth-order valence-electron chi connectivity index (χ4n) is 2.33. The van der Waals surface area contributed by atoms with Crippen molar-refractivity contribution in [3.05, 3.63) is 0 Å². The van der Waals surface area contributed by atoms with Gasteiger partial charge in [-0.15, -0.1) is 0 Å². The molecule has 22 heavy (non-hydrogen) atoms. The lowest BCUT2D eigenvalue weighted by Gasteiger charge is -2.30. The molecule has 3 nitrogen and oxygen atoms in total. The summed E-state index contributed by atoms with van der Waals surface area (Å²) in [5, 5.41) is 0. The van der Waals surface area contributed by atoms with Crippen molar-refractivity contribution in [3.63, 3.8) is 0 Å². The van der Waals surface area contributed by atoms with E-state index in [1.807, 2.05) is 20.8 Å². The van der Waals surface area contributed by atoms with E-state index < -0.39 is 0 Å². The van der Waals surface area contributed by atoms with Crippen molar-refractivity contribution in [2.24, 2.45) is 5.41 Å². The number of esters is 1. The average Bonchev–Trinajstić information content (AvgIpc) is 2.45. The van der Waals surface area contributed by atoms with Crippen LogP contribution >= 0.6 is 0 Å². The molecular formula is C19H40NO2+. The minimum atomic E-state index is -0.352. The molecule has 0 fully saturated rings. The SMILES string of the molecule is CCCCCCCCC[N+](C)(C)CCOC(=O)C(C)(C)CC. The molecule has 0 aliphatic rings. The second kappa shape index (κ2) is 11.0. The quantitative estimate of drug-likeness (QED) is 0.277. The van der Waals surface area contributed by atoms with Crippen LogP contribution in [-0.4, -0.2) is 44.2 Å². The first kappa shape index (κ1) is 21.4. The monoisotopic (exact) mass is 314 g/mol. The summed E-state index contributed by atoms with van der Waals surface area (Å²) in [5.74, 6) is -0.0640. The summed E-state index contributed by atoms with van der Waals surface area (Å²) in [6.07, 6.45) is 10.2. The van der Waals surface area contributed by atoms with Gasteiger partial charge in [0.1, 0.15) is 13.2 Å². The molecule has 0 spiro atoms. The molecule has 0 atom stereocenters. The van der Waals surface area contributed by atoms with Gasteiger partial charge < -0.3 is 9.22 Å². The smallest absolute Gasteiger partial charge is 0.311 e. The predicted octanol–water partition coefficient (Wildman–Crippen LogP) is 4.79. The highest BCUT2D eigenvalue weighted by Crippen LogP contribution is 2.21. The van der Waals surface area contributed by atoms with Crippen LogP contribution in [0.1, 0.15) is 79.1 Å². The number of nitrogens with zero attached hydrogens (tertiary/aromatic N) is 1. The van der Waals surface area contributed by atoms with Crippen LogP contribution in [0.2, 0.25) is 0 Å². The lowest BCUT2D eigenvalue weighted by Crippen LogP contribution is -2.43. The Morgan fingerprint density at radius 3 is 2.00 bits per heavy atom. The van der Waals surface area contributed by atoms with E-state index in [2.05, 4.69) is 21.0 Å². The number of quaternary nitrogens is 1. The van der Waals surface area contributed by atoms with Crippen LogP contribution in [0, 0.1) is 5.41 Å². The molecule has 0 aromatic carbocycles. The van der Waals surface area contributed by atoms with E-state index >= 15 is 0 Å². The second-order valence-corrected chi connectivity index (χ2v) is 7.88. The van der Waals surface area contributed by atoms with Crippen LogP contribution in [0.5, 0.6) is 0 Å². The molecule has 0 N–H and O–H groups in total. The third kappa shape index (κ3) is 10.2. The van der Waals surface area contributed by atoms with Gasteiger partial charge in [0.25, 0.3) is 0 Å². The third-order valence-electron chi connectivity index (χ3n) is 4.73. The highest BCUT2D eigenvalue weighted by Gasteiger charge is 2.27. The van der Waals surface area contributed by atoms with E-state index in [9.17, 15) is 4.79 Å². The highest BCUT2D eigenvalue weighted by atomic mass is 16.5. The number of unbranched alkanes of at least 4 members (excludes halogenated alkanes) is 6. The minimum absolute atomic E-state index is 0.0640. The van der Waals surface area contributed by atoms with Crippen LogP contribution in [0.4, 0.5) is 0 Å². The Kier molecular flexibility index (Phi) is 10.8. The second-order valence-electron chi connectivity index (χ2n) is 7.88. The van der Waals surface area contributed by atoms with Gasteiger partial charge in [0, 0.05) is 0 Å². The van der Waals surface area contributed by atoms with Gasteiger partial charge in [0.2, 0.25) is 0 Å². The summed E-state index contributed by atoms with van der Waals surface area (Å²) < 4.78 is 6.39. The van der Waals surface area contributed by atoms with Crippen molar-refractivity contribution in [2.75, 3.05) is 33.8 Å². The van der Waals surface area contributed by atoms with Gasteiger partial charge >= 0.3 is 5.97 Å². The van der Waals surface area contributed by atoms with Crippen LogP contribution in [-0.2, 0) is 9.53 Å². The Hall–Kier alpha value is -0.570. The number of hydrogen-bond acceptors (Lipinski definition) is 2. The first-order valence-electron chi connectivity index (χ1n) is 9.24. The Morgan fingerprint density at radius 2 is 1.45 bits per heavy atom. The molecule has 0 aliphatic carbocycles. The van der Waals surface area contributed by atoms with Gasteiger partial charge in [0.15, 0.2) is 0 Å². The zero-order chi connectivity index (χ0) is 17.1. The largest absolute Gasteiger partial charge is 0.459 e. The van der Waals surface area contributed by atoms with Crippen molar-refractivity contribution in [1.29, 1.82) is 0 Å². The summed E-state index contributed by atoms with van der Waals surface area (Å²) >= 11 is 0. The van der Waals surface area contributed by atoms with E-state index in [0.29, 0.717) is 6.61 Å². The first-order chi connectivity index (χ1) is 10.2. The lowest BCUT2D eigenvalue weighted by atomic mass is 9.91. The number of hydrogen-bond donors (Lipinski definition) is 0. The van der Waals surface area contributed by atoms with E-state index in [0.717, 1.165) is 17.4 Å². The maximum atomic E-state index is 11.9. The van der Waals surface area contributed by atoms with Crippen molar-refractivity contribution < 1.29 is 14.0 Å². The molecule has 0 aromatic rings. The summed E-state index contributed by atoms with van der Waals surface area (Å²) in [6, 6.07) is 0. The molecule has 0 radical (unpaired) electrons. The first-order valence-corrected chi connectivity index (χ1v) is 9.24. The Bertz CT molecular complexity index is 298. The number of carbonyl (C=O) groups excluding carboxylic acids is 1. The topological polar surface area (TPSA) is 26.3 Å². The summed E-state index contributed by atoms with van der Waals surface area (Å²) in [7, 11) is 4.46.